The summed E-state index contributed by atoms with van der Waals surface area (Å²) in [4.78, 5) is 24.8. The Morgan fingerprint density at radius 1 is 1.23 bits per heavy atom. The minimum Gasteiger partial charge on any atom is -0.507 e. The van der Waals surface area contributed by atoms with Crippen LogP contribution in [-0.2, 0) is 0 Å². The van der Waals surface area contributed by atoms with Crippen LogP contribution in [0.1, 0.15) is 54.8 Å². The molecule has 0 saturated heterocycles. The van der Waals surface area contributed by atoms with Crippen molar-refractivity contribution in [2.75, 3.05) is 11.9 Å². The lowest BCUT2D eigenvalue weighted by Gasteiger charge is -2.11. The number of phenolic OH excluding ortho intramolecular Hbond substituents is 1. The van der Waals surface area contributed by atoms with Crippen molar-refractivity contribution in [3.8, 4) is 17.0 Å². The topological polar surface area (TPSA) is 109 Å². The number of benzene rings is 1. The Morgan fingerprint density at radius 2 is 2.03 bits per heavy atom. The fourth-order valence-electron chi connectivity index (χ4n) is 3.85. The molecule has 3 N–H and O–H groups in total. The maximum atomic E-state index is 12.6. The maximum absolute atomic E-state index is 12.6. The number of hydrogen-bond donors (Lipinski definition) is 3. The van der Waals surface area contributed by atoms with Gasteiger partial charge in [0.25, 0.3) is 5.91 Å². The van der Waals surface area contributed by atoms with Crippen LogP contribution in [-0.4, -0.2) is 33.4 Å². The summed E-state index contributed by atoms with van der Waals surface area (Å²) in [5.74, 6) is 0.0761. The van der Waals surface area contributed by atoms with Gasteiger partial charge in [-0.05, 0) is 56.2 Å². The molecule has 0 atom stereocenters. The van der Waals surface area contributed by atoms with Gasteiger partial charge in [-0.1, -0.05) is 12.8 Å². The van der Waals surface area contributed by atoms with Crippen LogP contribution in [0.15, 0.2) is 47.1 Å². The molecule has 1 aliphatic rings. The molecule has 8 nitrogen and oxygen atoms in total. The van der Waals surface area contributed by atoms with Crippen molar-refractivity contribution >= 4 is 17.6 Å². The molecule has 0 unspecified atom stereocenters. The van der Waals surface area contributed by atoms with Gasteiger partial charge in [-0.25, -0.2) is 4.79 Å². The predicted octanol–water partition coefficient (Wildman–Crippen LogP) is 4.34. The summed E-state index contributed by atoms with van der Waals surface area (Å²) in [6, 6.07) is 9.50. The van der Waals surface area contributed by atoms with Crippen molar-refractivity contribution in [1.29, 1.82) is 0 Å². The number of aromatic nitrogens is 2. The quantitative estimate of drug-likeness (QED) is 0.544. The van der Waals surface area contributed by atoms with E-state index in [2.05, 4.69) is 15.7 Å². The average Bonchev–Trinajstić information content (AvgIpc) is 3.49. The highest BCUT2D eigenvalue weighted by Gasteiger charge is 2.26. The number of furan rings is 1. The third kappa shape index (κ3) is 3.94. The molecule has 156 valence electrons. The van der Waals surface area contributed by atoms with Gasteiger partial charge in [0, 0.05) is 23.7 Å². The van der Waals surface area contributed by atoms with Crippen LogP contribution >= 0.6 is 0 Å². The monoisotopic (exact) mass is 408 g/mol. The Kier molecular flexibility index (Phi) is 5.56. The van der Waals surface area contributed by atoms with Gasteiger partial charge >= 0.3 is 6.03 Å². The predicted molar refractivity (Wildman–Crippen MR) is 112 cm³/mol. The molecule has 1 saturated carbocycles. The Hall–Kier alpha value is -3.55. The normalized spacial score (nSPS) is 14.0. The Balaban J connectivity index is 1.68. The van der Waals surface area contributed by atoms with Crippen molar-refractivity contribution in [2.45, 2.75) is 38.5 Å². The van der Waals surface area contributed by atoms with Crippen LogP contribution in [0.4, 0.5) is 10.5 Å². The second-order valence-electron chi connectivity index (χ2n) is 7.35. The first-order valence-electron chi connectivity index (χ1n) is 10.1. The molecule has 3 aromatic rings. The molecule has 1 aliphatic carbocycles. The summed E-state index contributed by atoms with van der Waals surface area (Å²) >= 11 is 0. The average molecular weight is 408 g/mol. The van der Waals surface area contributed by atoms with E-state index in [1.165, 1.54) is 17.0 Å². The lowest BCUT2D eigenvalue weighted by Crippen LogP contribution is -2.30. The molecular weight excluding hydrogens is 384 g/mol. The summed E-state index contributed by atoms with van der Waals surface area (Å²) < 4.78 is 6.52. The van der Waals surface area contributed by atoms with Crippen molar-refractivity contribution < 1.29 is 19.1 Å². The molecule has 8 heteroatoms. The first kappa shape index (κ1) is 19.8. The van der Waals surface area contributed by atoms with Crippen molar-refractivity contribution in [2.24, 2.45) is 0 Å². The molecule has 0 aliphatic heterocycles. The molecule has 1 fully saturated rings. The SMILES string of the molecule is CCNC(=O)n1nc(-c2cc(NC(=O)c3ccco3)ccc2O)cc1C1CCCC1. The van der Waals surface area contributed by atoms with Crippen molar-refractivity contribution in [3.63, 3.8) is 0 Å². The number of phenols is 1. The zero-order chi connectivity index (χ0) is 21.1. The van der Waals surface area contributed by atoms with Gasteiger partial charge in [0.2, 0.25) is 0 Å². The maximum Gasteiger partial charge on any atom is 0.342 e. The third-order valence-electron chi connectivity index (χ3n) is 5.31. The number of nitrogens with zero attached hydrogens (tertiary/aromatic N) is 2. The highest BCUT2D eigenvalue weighted by Crippen LogP contribution is 2.38. The van der Waals surface area contributed by atoms with Crippen molar-refractivity contribution in [3.05, 3.63) is 54.1 Å². The number of carbonyl (C=O) groups is 2. The minimum atomic E-state index is -0.392. The van der Waals surface area contributed by atoms with Crippen molar-refractivity contribution in [1.82, 2.24) is 15.1 Å². The molecule has 0 bridgehead atoms. The fraction of sp³-hybridized carbons (Fsp3) is 0.318. The first-order valence-corrected chi connectivity index (χ1v) is 10.1. The van der Waals surface area contributed by atoms with Crippen LogP contribution in [0, 0.1) is 0 Å². The smallest absolute Gasteiger partial charge is 0.342 e. The lowest BCUT2D eigenvalue weighted by atomic mass is 10.0. The summed E-state index contributed by atoms with van der Waals surface area (Å²) in [5.41, 5.74) is 2.25. The van der Waals surface area contributed by atoms with Gasteiger partial charge < -0.3 is 20.2 Å². The highest BCUT2D eigenvalue weighted by molar-refractivity contribution is 6.02. The van der Waals surface area contributed by atoms with Gasteiger partial charge in [0.05, 0.1) is 17.7 Å². The van der Waals surface area contributed by atoms with E-state index >= 15 is 0 Å². The molecule has 0 radical (unpaired) electrons. The highest BCUT2D eigenvalue weighted by atomic mass is 16.3. The van der Waals surface area contributed by atoms with Crippen LogP contribution in [0.3, 0.4) is 0 Å². The molecule has 2 amide bonds. The number of carbonyl (C=O) groups excluding carboxylic acids is 2. The first-order chi connectivity index (χ1) is 14.6. The van der Waals surface area contributed by atoms with Crippen LogP contribution in [0.5, 0.6) is 5.75 Å². The standard InChI is InChI=1S/C22H24N4O4/c1-2-23-22(29)26-18(14-6-3-4-7-14)13-17(25-26)16-12-15(9-10-19(16)27)24-21(28)20-8-5-11-30-20/h5,8-14,27H,2-4,6-7H2,1H3,(H,23,29)(H,24,28). The van der Waals surface area contributed by atoms with Gasteiger partial charge in [0.1, 0.15) is 5.75 Å². The molecule has 30 heavy (non-hydrogen) atoms. The molecule has 1 aromatic carbocycles. The second-order valence-corrected chi connectivity index (χ2v) is 7.35. The van der Waals surface area contributed by atoms with E-state index in [-0.39, 0.29) is 23.5 Å². The van der Waals surface area contributed by atoms with E-state index in [1.807, 2.05) is 13.0 Å². The number of rotatable bonds is 5. The number of anilines is 1. The van der Waals surface area contributed by atoms with Gasteiger partial charge in [-0.2, -0.15) is 9.78 Å². The molecule has 0 spiro atoms. The van der Waals surface area contributed by atoms with E-state index in [0.29, 0.717) is 23.5 Å². The lowest BCUT2D eigenvalue weighted by molar-refractivity contribution is 0.0996. The van der Waals surface area contributed by atoms with Gasteiger partial charge in [-0.15, -0.1) is 0 Å². The minimum absolute atomic E-state index is 0.0181. The second kappa shape index (κ2) is 8.44. The van der Waals surface area contributed by atoms with E-state index in [1.54, 1.807) is 24.3 Å². The Labute approximate surface area is 173 Å². The summed E-state index contributed by atoms with van der Waals surface area (Å²) in [5, 5.41) is 20.5. The van der Waals surface area contributed by atoms with E-state index < -0.39 is 5.91 Å². The molecular formula is C22H24N4O4. The summed E-state index contributed by atoms with van der Waals surface area (Å²) in [6.07, 6.45) is 5.70. The van der Waals surface area contributed by atoms with E-state index in [9.17, 15) is 14.7 Å². The summed E-state index contributed by atoms with van der Waals surface area (Å²) in [6.45, 7) is 2.35. The zero-order valence-corrected chi connectivity index (χ0v) is 16.7. The zero-order valence-electron chi connectivity index (χ0n) is 16.7. The largest absolute Gasteiger partial charge is 0.507 e. The van der Waals surface area contributed by atoms with Crippen LogP contribution < -0.4 is 10.6 Å². The van der Waals surface area contributed by atoms with E-state index in [0.717, 1.165) is 31.4 Å². The van der Waals surface area contributed by atoms with Gasteiger partial charge in [0.15, 0.2) is 5.76 Å². The molecule has 2 heterocycles. The fourth-order valence-corrected chi connectivity index (χ4v) is 3.85. The van der Waals surface area contributed by atoms with Crippen LogP contribution in [0.25, 0.3) is 11.3 Å². The molecule has 2 aromatic heterocycles. The molecule has 4 rings (SSSR count). The number of aromatic hydroxyl groups is 1. The van der Waals surface area contributed by atoms with Crippen LogP contribution in [0.2, 0.25) is 0 Å². The number of nitrogens with one attached hydrogen (secondary N) is 2. The number of amides is 2. The Bertz CT molecular complexity index is 1050. The van der Waals surface area contributed by atoms with Gasteiger partial charge in [-0.3, -0.25) is 4.79 Å². The Morgan fingerprint density at radius 3 is 2.73 bits per heavy atom. The van der Waals surface area contributed by atoms with E-state index in [4.69, 9.17) is 4.42 Å². The summed E-state index contributed by atoms with van der Waals surface area (Å²) in [7, 11) is 0. The third-order valence-corrected chi connectivity index (χ3v) is 5.31. The number of hydrogen-bond acceptors (Lipinski definition) is 5.